The van der Waals surface area contributed by atoms with Crippen LogP contribution >= 0.6 is 11.8 Å². The lowest BCUT2D eigenvalue weighted by Gasteiger charge is -2.21. The van der Waals surface area contributed by atoms with Crippen LogP contribution in [0.5, 0.6) is 0 Å². The highest BCUT2D eigenvalue weighted by Gasteiger charge is 2.21. The molecule has 0 saturated heterocycles. The number of hydrogen-bond acceptors (Lipinski definition) is 3. The average Bonchev–Trinajstić information content (AvgIpc) is 2.42. The van der Waals surface area contributed by atoms with Crippen molar-refractivity contribution in [2.24, 2.45) is 0 Å². The third kappa shape index (κ3) is 4.73. The van der Waals surface area contributed by atoms with Gasteiger partial charge in [-0.15, -0.1) is 0 Å². The van der Waals surface area contributed by atoms with E-state index in [1.54, 1.807) is 6.07 Å². The number of carbonyl (C=O) groups is 2. The molecule has 0 unspecified atom stereocenters. The Morgan fingerprint density at radius 2 is 2.20 bits per heavy atom. The van der Waals surface area contributed by atoms with Gasteiger partial charge in [0, 0.05) is 12.7 Å². The fraction of sp³-hybridized carbons (Fsp3) is 0.385. The average molecular weight is 300 g/mol. The molecule has 7 heteroatoms. The van der Waals surface area contributed by atoms with Crippen molar-refractivity contribution in [3.8, 4) is 0 Å². The van der Waals surface area contributed by atoms with E-state index in [2.05, 4.69) is 5.32 Å². The highest BCUT2D eigenvalue weighted by atomic mass is 32.2. The monoisotopic (exact) mass is 300 g/mol. The largest absolute Gasteiger partial charge is 0.480 e. The van der Waals surface area contributed by atoms with Gasteiger partial charge in [0.05, 0.1) is 0 Å². The number of hydrogen-bond donors (Lipinski definition) is 2. The molecule has 0 aliphatic carbocycles. The van der Waals surface area contributed by atoms with E-state index in [4.69, 9.17) is 5.11 Å². The molecule has 1 aromatic carbocycles. The number of amides is 2. The van der Waals surface area contributed by atoms with Gasteiger partial charge in [0.25, 0.3) is 0 Å². The summed E-state index contributed by atoms with van der Waals surface area (Å²) >= 11 is 1.50. The van der Waals surface area contributed by atoms with Crippen LogP contribution in [0.15, 0.2) is 24.3 Å². The molecule has 5 nitrogen and oxygen atoms in total. The number of urea groups is 1. The number of anilines is 1. The first kappa shape index (κ1) is 16.3. The number of carboxylic acids is 1. The van der Waals surface area contributed by atoms with Crippen molar-refractivity contribution in [1.29, 1.82) is 0 Å². The van der Waals surface area contributed by atoms with Crippen LogP contribution < -0.4 is 10.2 Å². The number of benzene rings is 1. The summed E-state index contributed by atoms with van der Waals surface area (Å²) in [5, 5.41) is 11.5. The van der Waals surface area contributed by atoms with E-state index >= 15 is 0 Å². The minimum atomic E-state index is -1.08. The SMILES string of the molecule is CSCC[C@@H](NC(=O)N(C)c1cccc(F)c1)C(=O)O. The standard InChI is InChI=1S/C13H17FN2O3S/c1-16(10-5-3-4-9(14)8-10)13(19)15-11(12(17)18)6-7-20-2/h3-5,8,11H,6-7H2,1-2H3,(H,15,19)(H,17,18)/t11-/m1/s1. The van der Waals surface area contributed by atoms with Crippen molar-refractivity contribution in [1.82, 2.24) is 5.32 Å². The minimum Gasteiger partial charge on any atom is -0.480 e. The molecule has 1 atom stereocenters. The summed E-state index contributed by atoms with van der Waals surface area (Å²) in [6.45, 7) is 0. The maximum Gasteiger partial charge on any atom is 0.326 e. The zero-order chi connectivity index (χ0) is 15.1. The van der Waals surface area contributed by atoms with Crippen LogP contribution in [0.25, 0.3) is 0 Å². The van der Waals surface area contributed by atoms with Gasteiger partial charge < -0.3 is 10.4 Å². The molecule has 20 heavy (non-hydrogen) atoms. The van der Waals surface area contributed by atoms with Gasteiger partial charge in [-0.3, -0.25) is 4.90 Å². The summed E-state index contributed by atoms with van der Waals surface area (Å²) in [6.07, 6.45) is 2.19. The Morgan fingerprint density at radius 1 is 1.50 bits per heavy atom. The van der Waals surface area contributed by atoms with Crippen molar-refractivity contribution in [2.75, 3.05) is 24.0 Å². The zero-order valence-electron chi connectivity index (χ0n) is 11.3. The van der Waals surface area contributed by atoms with Gasteiger partial charge in [0.2, 0.25) is 0 Å². The topological polar surface area (TPSA) is 69.6 Å². The summed E-state index contributed by atoms with van der Waals surface area (Å²) in [7, 11) is 1.46. The Bertz CT molecular complexity index is 484. The van der Waals surface area contributed by atoms with E-state index < -0.39 is 23.9 Å². The van der Waals surface area contributed by atoms with E-state index in [-0.39, 0.29) is 0 Å². The van der Waals surface area contributed by atoms with E-state index in [0.717, 1.165) is 0 Å². The molecule has 0 saturated carbocycles. The van der Waals surface area contributed by atoms with Gasteiger partial charge in [-0.25, -0.2) is 14.0 Å². The van der Waals surface area contributed by atoms with Crippen LogP contribution in [-0.2, 0) is 4.79 Å². The predicted octanol–water partition coefficient (Wildman–Crippen LogP) is 2.18. The van der Waals surface area contributed by atoms with Crippen molar-refractivity contribution in [3.63, 3.8) is 0 Å². The Morgan fingerprint density at radius 3 is 2.75 bits per heavy atom. The van der Waals surface area contributed by atoms with Crippen molar-refractivity contribution in [2.45, 2.75) is 12.5 Å². The molecule has 2 N–H and O–H groups in total. The third-order valence-corrected chi connectivity index (χ3v) is 3.35. The molecule has 0 bridgehead atoms. The third-order valence-electron chi connectivity index (χ3n) is 2.71. The van der Waals surface area contributed by atoms with Crippen molar-refractivity contribution in [3.05, 3.63) is 30.1 Å². The second-order valence-electron chi connectivity index (χ2n) is 4.16. The quantitative estimate of drug-likeness (QED) is 0.845. The number of aliphatic carboxylic acids is 1. The number of nitrogens with one attached hydrogen (secondary N) is 1. The Kier molecular flexibility index (Phi) is 6.30. The van der Waals surface area contributed by atoms with Crippen LogP contribution in [0.1, 0.15) is 6.42 Å². The van der Waals surface area contributed by atoms with Gasteiger partial charge in [0.1, 0.15) is 11.9 Å². The first-order chi connectivity index (χ1) is 9.45. The van der Waals surface area contributed by atoms with Crippen LogP contribution in [0.4, 0.5) is 14.9 Å². The molecular weight excluding hydrogens is 283 g/mol. The van der Waals surface area contributed by atoms with Crippen LogP contribution in [-0.4, -0.2) is 42.2 Å². The molecule has 1 aromatic rings. The number of nitrogens with zero attached hydrogens (tertiary/aromatic N) is 1. The van der Waals surface area contributed by atoms with Gasteiger partial charge in [-0.1, -0.05) is 6.07 Å². The number of rotatable bonds is 6. The lowest BCUT2D eigenvalue weighted by atomic mass is 10.2. The highest BCUT2D eigenvalue weighted by Crippen LogP contribution is 2.14. The summed E-state index contributed by atoms with van der Waals surface area (Å²) in [4.78, 5) is 24.2. The lowest BCUT2D eigenvalue weighted by molar-refractivity contribution is -0.139. The molecular formula is C13H17FN2O3S. The second-order valence-corrected chi connectivity index (χ2v) is 5.15. The molecule has 0 aliphatic heterocycles. The van der Waals surface area contributed by atoms with Gasteiger partial charge in [-0.2, -0.15) is 11.8 Å². The second kappa shape index (κ2) is 7.74. The van der Waals surface area contributed by atoms with Crippen LogP contribution in [0.2, 0.25) is 0 Å². The van der Waals surface area contributed by atoms with Crippen molar-refractivity contribution >= 4 is 29.4 Å². The zero-order valence-corrected chi connectivity index (χ0v) is 12.1. The predicted molar refractivity (Wildman–Crippen MR) is 77.8 cm³/mol. The number of halogens is 1. The van der Waals surface area contributed by atoms with Crippen molar-refractivity contribution < 1.29 is 19.1 Å². The molecule has 0 spiro atoms. The smallest absolute Gasteiger partial charge is 0.326 e. The molecule has 1 rings (SSSR count). The molecule has 2 amide bonds. The first-order valence-corrected chi connectivity index (χ1v) is 7.36. The summed E-state index contributed by atoms with van der Waals surface area (Å²) in [5.74, 6) is -0.916. The Balaban J connectivity index is 2.70. The first-order valence-electron chi connectivity index (χ1n) is 5.97. The Hall–Kier alpha value is -1.76. The molecule has 0 fully saturated rings. The number of carboxylic acid groups (broad SMARTS) is 1. The number of thioether (sulfide) groups is 1. The summed E-state index contributed by atoms with van der Waals surface area (Å²) < 4.78 is 13.1. The Labute approximate surface area is 121 Å². The fourth-order valence-electron chi connectivity index (χ4n) is 1.54. The minimum absolute atomic E-state index is 0.333. The maximum atomic E-state index is 13.1. The molecule has 0 aliphatic rings. The normalized spacial score (nSPS) is 11.8. The lowest BCUT2D eigenvalue weighted by Crippen LogP contribution is -2.47. The van der Waals surface area contributed by atoms with E-state index in [9.17, 15) is 14.0 Å². The van der Waals surface area contributed by atoms with Gasteiger partial charge >= 0.3 is 12.0 Å². The van der Waals surface area contributed by atoms with Crippen LogP contribution in [0, 0.1) is 5.82 Å². The van der Waals surface area contributed by atoms with E-state index in [1.165, 1.54) is 41.9 Å². The van der Waals surface area contributed by atoms with E-state index in [0.29, 0.717) is 17.9 Å². The molecule has 0 heterocycles. The fourth-order valence-corrected chi connectivity index (χ4v) is 2.01. The summed E-state index contributed by atoms with van der Waals surface area (Å²) in [6, 6.07) is 4.00. The number of carbonyl (C=O) groups excluding carboxylic acids is 1. The molecule has 110 valence electrons. The summed E-state index contributed by atoms with van der Waals surface area (Å²) in [5.41, 5.74) is 0.358. The van der Waals surface area contributed by atoms with Crippen LogP contribution in [0.3, 0.4) is 0 Å². The molecule has 0 radical (unpaired) electrons. The van der Waals surface area contributed by atoms with Gasteiger partial charge in [-0.05, 0) is 36.6 Å². The van der Waals surface area contributed by atoms with E-state index in [1.807, 2.05) is 6.26 Å². The molecule has 0 aromatic heterocycles. The highest BCUT2D eigenvalue weighted by molar-refractivity contribution is 7.98. The maximum absolute atomic E-state index is 13.1. The van der Waals surface area contributed by atoms with Gasteiger partial charge in [0.15, 0.2) is 0 Å².